The summed E-state index contributed by atoms with van der Waals surface area (Å²) in [6, 6.07) is 0. The number of aliphatic carboxylic acids is 3. The number of carboxylic acid groups (broad SMARTS) is 3. The van der Waals surface area contributed by atoms with Crippen LogP contribution in [0.5, 0.6) is 0 Å². The summed E-state index contributed by atoms with van der Waals surface area (Å²) in [6.45, 7) is 1.08. The number of rotatable bonds is 5. The largest absolute Gasteiger partial charge is 0.481 e. The lowest BCUT2D eigenvalue weighted by molar-refractivity contribution is -0.239. The van der Waals surface area contributed by atoms with E-state index in [-0.39, 0.29) is 0 Å². The van der Waals surface area contributed by atoms with Gasteiger partial charge in [-0.05, 0) is 0 Å². The lowest BCUT2D eigenvalue weighted by atomic mass is 10.0. The third-order valence-electron chi connectivity index (χ3n) is 1.27. The van der Waals surface area contributed by atoms with Gasteiger partial charge in [-0.25, -0.2) is 4.79 Å². The maximum absolute atomic E-state index is 10.6. The molecule has 0 saturated heterocycles. The molecule has 0 aromatic heterocycles. The average Bonchev–Trinajstić information content (AvgIpc) is 2.13. The molecule has 0 rings (SSSR count). The van der Waals surface area contributed by atoms with Gasteiger partial charge in [-0.1, -0.05) is 0 Å². The molecule has 0 heterocycles. The highest BCUT2D eigenvalue weighted by molar-refractivity contribution is 5.82. The summed E-state index contributed by atoms with van der Waals surface area (Å²) in [5.41, 5.74) is 0. The monoisotopic (exact) mass is 252 g/mol. The van der Waals surface area contributed by atoms with Crippen molar-refractivity contribution in [2.45, 2.75) is 19.8 Å². The summed E-state index contributed by atoms with van der Waals surface area (Å²) in [6.07, 6.45) is -1.38. The van der Waals surface area contributed by atoms with Crippen molar-refractivity contribution in [1.29, 1.82) is 0 Å². The number of carbonyl (C=O) groups excluding carboxylic acids is 1. The van der Waals surface area contributed by atoms with Crippen LogP contribution in [0.25, 0.3) is 0 Å². The van der Waals surface area contributed by atoms with Crippen molar-refractivity contribution in [1.82, 2.24) is 0 Å². The van der Waals surface area contributed by atoms with E-state index in [1.165, 1.54) is 0 Å². The number of hydrogen-bond donors (Lipinski definition) is 4. The van der Waals surface area contributed by atoms with Gasteiger partial charge in [0, 0.05) is 6.92 Å². The molecule has 0 fully saturated rings. The predicted octanol–water partition coefficient (Wildman–Crippen LogP) is -0.341. The molecule has 4 N–H and O–H groups in total. The van der Waals surface area contributed by atoms with E-state index in [1.807, 2.05) is 0 Å². The third kappa shape index (κ3) is 13.8. The van der Waals surface area contributed by atoms with E-state index in [0.29, 0.717) is 0 Å². The van der Waals surface area contributed by atoms with Crippen LogP contribution < -0.4 is 0 Å². The molecule has 0 aliphatic heterocycles. The molecule has 0 saturated carbocycles. The Labute approximate surface area is 95.2 Å². The normalized spacial score (nSPS) is 8.88. The Morgan fingerprint density at radius 3 is 1.47 bits per heavy atom. The fraction of sp³-hybridized carbons (Fsp3) is 0.500. The molecular formula is C8H12O9. The zero-order valence-corrected chi connectivity index (χ0v) is 8.82. The number of carbonyl (C=O) groups is 4. The van der Waals surface area contributed by atoms with Crippen LogP contribution in [0.1, 0.15) is 19.8 Å². The molecule has 0 amide bonds. The van der Waals surface area contributed by atoms with Gasteiger partial charge in [-0.3, -0.25) is 14.4 Å². The lowest BCUT2D eigenvalue weighted by Gasteiger charge is -2.06. The summed E-state index contributed by atoms with van der Waals surface area (Å²) >= 11 is 0. The van der Waals surface area contributed by atoms with Gasteiger partial charge in [-0.2, -0.15) is 5.26 Å². The predicted molar refractivity (Wildman–Crippen MR) is 50.0 cm³/mol. The molecule has 0 aromatic carbocycles. The second kappa shape index (κ2) is 9.09. The van der Waals surface area contributed by atoms with E-state index >= 15 is 0 Å². The van der Waals surface area contributed by atoms with Crippen LogP contribution in [0.15, 0.2) is 0 Å². The van der Waals surface area contributed by atoms with Gasteiger partial charge >= 0.3 is 17.9 Å². The Kier molecular flexibility index (Phi) is 9.22. The summed E-state index contributed by atoms with van der Waals surface area (Å²) in [5.74, 6) is -6.13. The fourth-order valence-corrected chi connectivity index (χ4v) is 0.735. The van der Waals surface area contributed by atoms with E-state index < -0.39 is 42.6 Å². The SMILES string of the molecule is CC(=O)O.O=C(O)CC(CC(=O)O)C(=O)OO. The van der Waals surface area contributed by atoms with E-state index in [4.69, 9.17) is 25.4 Å². The van der Waals surface area contributed by atoms with Crippen LogP contribution in [0.3, 0.4) is 0 Å². The summed E-state index contributed by atoms with van der Waals surface area (Å²) < 4.78 is 0. The zero-order chi connectivity index (χ0) is 14.0. The highest BCUT2D eigenvalue weighted by Gasteiger charge is 2.26. The zero-order valence-electron chi connectivity index (χ0n) is 8.82. The molecule has 9 heteroatoms. The molecule has 0 unspecified atom stereocenters. The van der Waals surface area contributed by atoms with Crippen LogP contribution >= 0.6 is 0 Å². The standard InChI is InChI=1S/C6H8O7.C2H4O2/c7-4(8)1-3(2-5(9)10)6(11)13-12;1-2(3)4/h3,12H,1-2H2,(H,7,8)(H,9,10);1H3,(H,3,4). The van der Waals surface area contributed by atoms with Gasteiger partial charge in [0.1, 0.15) is 0 Å². The van der Waals surface area contributed by atoms with E-state index in [2.05, 4.69) is 4.89 Å². The van der Waals surface area contributed by atoms with Gasteiger partial charge in [-0.15, -0.1) is 0 Å². The van der Waals surface area contributed by atoms with Crippen LogP contribution in [0.4, 0.5) is 0 Å². The maximum atomic E-state index is 10.6. The Morgan fingerprint density at radius 1 is 1.00 bits per heavy atom. The first-order chi connectivity index (χ1) is 7.70. The van der Waals surface area contributed by atoms with E-state index in [0.717, 1.165) is 6.92 Å². The molecule has 0 spiro atoms. The van der Waals surface area contributed by atoms with Crippen molar-refractivity contribution < 1.29 is 44.6 Å². The molecule has 0 aliphatic rings. The molecule has 0 atom stereocenters. The van der Waals surface area contributed by atoms with Crippen molar-refractivity contribution in [3.05, 3.63) is 0 Å². The molecule has 9 nitrogen and oxygen atoms in total. The van der Waals surface area contributed by atoms with Crippen molar-refractivity contribution in [2.24, 2.45) is 5.92 Å². The Morgan fingerprint density at radius 2 is 1.29 bits per heavy atom. The van der Waals surface area contributed by atoms with Crippen molar-refractivity contribution in [2.75, 3.05) is 0 Å². The molecule has 0 bridgehead atoms. The maximum Gasteiger partial charge on any atom is 0.346 e. The number of hydrogen-bond acceptors (Lipinski definition) is 6. The van der Waals surface area contributed by atoms with Gasteiger partial charge in [0.2, 0.25) is 0 Å². The van der Waals surface area contributed by atoms with Crippen LogP contribution in [-0.4, -0.2) is 44.5 Å². The topological polar surface area (TPSA) is 158 Å². The van der Waals surface area contributed by atoms with Crippen molar-refractivity contribution >= 4 is 23.9 Å². The number of carboxylic acids is 3. The summed E-state index contributed by atoms with van der Waals surface area (Å²) in [4.78, 5) is 43.1. The van der Waals surface area contributed by atoms with Gasteiger partial charge in [0.05, 0.1) is 18.8 Å². The minimum absolute atomic E-state index is 0.689. The van der Waals surface area contributed by atoms with Crippen LogP contribution in [0, 0.1) is 5.92 Å². The quantitative estimate of drug-likeness (QED) is 0.379. The average molecular weight is 252 g/mol. The molecule has 0 radical (unpaired) electrons. The highest BCUT2D eigenvalue weighted by Crippen LogP contribution is 2.10. The Bertz CT molecular complexity index is 275. The Hall–Kier alpha value is -2.16. The second-order valence-electron chi connectivity index (χ2n) is 2.82. The van der Waals surface area contributed by atoms with Crippen LogP contribution in [0.2, 0.25) is 0 Å². The minimum Gasteiger partial charge on any atom is -0.481 e. The molecule has 98 valence electrons. The molecular weight excluding hydrogens is 240 g/mol. The fourth-order valence-electron chi connectivity index (χ4n) is 0.735. The van der Waals surface area contributed by atoms with E-state index in [1.54, 1.807) is 0 Å². The Balaban J connectivity index is 0. The molecule has 17 heavy (non-hydrogen) atoms. The molecule has 0 aliphatic carbocycles. The first-order valence-corrected chi connectivity index (χ1v) is 4.19. The molecule has 0 aromatic rings. The first kappa shape index (κ1) is 17.2. The minimum atomic E-state index is -1.36. The van der Waals surface area contributed by atoms with Gasteiger partial charge < -0.3 is 20.2 Å². The summed E-state index contributed by atoms with van der Waals surface area (Å²) in [7, 11) is 0. The lowest BCUT2D eigenvalue weighted by Crippen LogP contribution is -2.22. The highest BCUT2D eigenvalue weighted by atomic mass is 17.1. The van der Waals surface area contributed by atoms with Crippen LogP contribution in [-0.2, 0) is 24.1 Å². The van der Waals surface area contributed by atoms with Crippen molar-refractivity contribution in [3.63, 3.8) is 0 Å². The summed E-state index contributed by atoms with van der Waals surface area (Å²) in [5, 5.41) is 31.8. The van der Waals surface area contributed by atoms with Gasteiger partial charge in [0.25, 0.3) is 5.97 Å². The van der Waals surface area contributed by atoms with Crippen molar-refractivity contribution in [3.8, 4) is 0 Å². The third-order valence-corrected chi connectivity index (χ3v) is 1.27. The first-order valence-electron chi connectivity index (χ1n) is 4.19. The smallest absolute Gasteiger partial charge is 0.346 e. The second-order valence-corrected chi connectivity index (χ2v) is 2.82. The van der Waals surface area contributed by atoms with E-state index in [9.17, 15) is 14.4 Å². The van der Waals surface area contributed by atoms with Gasteiger partial charge in [0.15, 0.2) is 0 Å².